The van der Waals surface area contributed by atoms with Crippen LogP contribution < -0.4 is 5.73 Å². The highest BCUT2D eigenvalue weighted by Crippen LogP contribution is 2.52. The summed E-state index contributed by atoms with van der Waals surface area (Å²) in [5, 5.41) is 44.4. The van der Waals surface area contributed by atoms with Crippen LogP contribution >= 0.6 is 0 Å². The lowest BCUT2D eigenvalue weighted by molar-refractivity contribution is -0.148. The number of nitrogens with zero attached hydrogens (tertiary/aromatic N) is 2. The number of Topliss-reactive ketones (excluding diaryl/α,β-unsaturated/α-hetero) is 2. The molecule has 0 saturated carbocycles. The summed E-state index contributed by atoms with van der Waals surface area (Å²) in [7, 11) is 3.22. The van der Waals surface area contributed by atoms with E-state index in [2.05, 4.69) is 4.90 Å². The van der Waals surface area contributed by atoms with E-state index in [1.807, 2.05) is 6.07 Å². The van der Waals surface area contributed by atoms with Gasteiger partial charge in [-0.1, -0.05) is 6.07 Å². The van der Waals surface area contributed by atoms with E-state index in [0.29, 0.717) is 18.5 Å². The van der Waals surface area contributed by atoms with E-state index >= 15 is 0 Å². The van der Waals surface area contributed by atoms with Gasteiger partial charge in [-0.3, -0.25) is 24.2 Å². The van der Waals surface area contributed by atoms with E-state index in [-0.39, 0.29) is 23.3 Å². The second kappa shape index (κ2) is 8.43. The van der Waals surface area contributed by atoms with Crippen LogP contribution in [0.1, 0.15) is 40.7 Å². The SMILES string of the molecule is CN(C)[C@H]1C(O)=C(C(N)=O)C(=O)[C@]2(O)C(O)=C3C(=O)c4c(O)ccc(CN5CCCC5)c4C[C@H]3C[C@@H]12. The molecule has 1 saturated heterocycles. The summed E-state index contributed by atoms with van der Waals surface area (Å²) in [6, 6.07) is 2.28. The lowest BCUT2D eigenvalue weighted by Gasteiger charge is -2.50. The number of nitrogens with two attached hydrogens (primary N) is 1. The highest BCUT2D eigenvalue weighted by atomic mass is 16.3. The molecular weight excluding hydrogens is 466 g/mol. The fraction of sp³-hybridized carbons (Fsp3) is 0.500. The predicted molar refractivity (Wildman–Crippen MR) is 128 cm³/mol. The van der Waals surface area contributed by atoms with Crippen LogP contribution in [0.15, 0.2) is 34.8 Å². The molecule has 1 aromatic carbocycles. The first kappa shape index (κ1) is 24.5. The molecule has 3 aliphatic carbocycles. The van der Waals surface area contributed by atoms with E-state index in [0.717, 1.165) is 31.5 Å². The highest BCUT2D eigenvalue weighted by Gasteiger charge is 2.63. The van der Waals surface area contributed by atoms with E-state index in [9.17, 15) is 34.8 Å². The fourth-order valence-electron chi connectivity index (χ4n) is 6.64. The van der Waals surface area contributed by atoms with Crippen molar-refractivity contribution in [2.45, 2.75) is 43.9 Å². The van der Waals surface area contributed by atoms with Crippen molar-refractivity contribution in [1.29, 1.82) is 0 Å². The quantitative estimate of drug-likeness (QED) is 0.377. The molecule has 192 valence electrons. The van der Waals surface area contributed by atoms with E-state index in [1.165, 1.54) is 6.07 Å². The van der Waals surface area contributed by atoms with Crippen molar-refractivity contribution in [3.8, 4) is 5.75 Å². The number of ketones is 2. The number of likely N-dealkylation sites (tertiary alicyclic amines) is 1. The molecule has 0 radical (unpaired) electrons. The van der Waals surface area contributed by atoms with Gasteiger partial charge in [0.25, 0.3) is 5.91 Å². The third-order valence-electron chi connectivity index (χ3n) is 8.30. The minimum atomic E-state index is -2.62. The van der Waals surface area contributed by atoms with E-state index < -0.39 is 58.0 Å². The van der Waals surface area contributed by atoms with Gasteiger partial charge in [0.05, 0.1) is 11.6 Å². The van der Waals surface area contributed by atoms with Crippen molar-refractivity contribution in [1.82, 2.24) is 9.80 Å². The molecule has 1 fully saturated rings. The maximum absolute atomic E-state index is 13.7. The molecule has 0 spiro atoms. The third kappa shape index (κ3) is 3.31. The molecule has 4 atom stereocenters. The summed E-state index contributed by atoms with van der Waals surface area (Å²) in [5.74, 6) is -6.35. The van der Waals surface area contributed by atoms with Crippen molar-refractivity contribution in [2.75, 3.05) is 27.2 Å². The molecule has 4 aliphatic rings. The normalized spacial score (nSPS) is 30.5. The van der Waals surface area contributed by atoms with Gasteiger partial charge in [0.1, 0.15) is 22.8 Å². The number of aromatic hydroxyl groups is 1. The Balaban J connectivity index is 1.66. The van der Waals surface area contributed by atoms with Crippen molar-refractivity contribution >= 4 is 17.5 Å². The Hall–Kier alpha value is -3.21. The average Bonchev–Trinajstić information content (AvgIpc) is 3.31. The van der Waals surface area contributed by atoms with Crippen LogP contribution in [0.5, 0.6) is 5.75 Å². The summed E-state index contributed by atoms with van der Waals surface area (Å²) >= 11 is 0. The number of likely N-dealkylation sites (N-methyl/N-ethyl adjacent to an activating group) is 1. The molecule has 1 amide bonds. The number of aliphatic hydroxyl groups is 3. The number of phenolic OH excluding ortho intramolecular Hbond substituents is 1. The molecule has 36 heavy (non-hydrogen) atoms. The number of phenols is 1. The predicted octanol–water partition coefficient (Wildman–Crippen LogP) is 0.716. The van der Waals surface area contributed by atoms with Crippen LogP contribution in [0, 0.1) is 11.8 Å². The number of aliphatic hydroxyl groups excluding tert-OH is 2. The number of hydrogen-bond donors (Lipinski definition) is 5. The number of fused-ring (bicyclic) bond motifs is 3. The lowest BCUT2D eigenvalue weighted by Crippen LogP contribution is -2.63. The molecule has 0 unspecified atom stereocenters. The number of rotatable bonds is 4. The van der Waals surface area contributed by atoms with Crippen LogP contribution in [-0.4, -0.2) is 86.5 Å². The first-order valence-corrected chi connectivity index (χ1v) is 12.2. The average molecular weight is 498 g/mol. The number of primary amides is 1. The monoisotopic (exact) mass is 497 g/mol. The number of carbonyl (C=O) groups excluding carboxylic acids is 3. The Morgan fingerprint density at radius 3 is 2.44 bits per heavy atom. The number of carbonyl (C=O) groups is 3. The Kier molecular flexibility index (Phi) is 5.73. The zero-order valence-corrected chi connectivity index (χ0v) is 20.3. The minimum Gasteiger partial charge on any atom is -0.510 e. The number of benzene rings is 1. The van der Waals surface area contributed by atoms with Gasteiger partial charge in [0.15, 0.2) is 11.4 Å². The van der Waals surface area contributed by atoms with Crippen LogP contribution in [0.25, 0.3) is 0 Å². The first-order chi connectivity index (χ1) is 17.0. The van der Waals surface area contributed by atoms with Gasteiger partial charge < -0.3 is 26.2 Å². The Morgan fingerprint density at radius 1 is 1.17 bits per heavy atom. The van der Waals surface area contributed by atoms with Crippen LogP contribution in [0.2, 0.25) is 0 Å². The maximum atomic E-state index is 13.7. The standard InChI is InChI=1S/C26H31N3O7/c1-28(2)20-15-10-13-9-14-12(11-29-7-3-4-8-29)5-6-16(30)18(14)21(31)17(13)23(33)26(15,36)24(34)19(22(20)32)25(27)35/h5-6,13,15,20,30,32-33,36H,3-4,7-11H2,1-2H3,(H2,27,35)/t13-,15-,20+,26+/m0/s1. The van der Waals surface area contributed by atoms with Gasteiger partial charge in [-0.15, -0.1) is 0 Å². The zero-order valence-electron chi connectivity index (χ0n) is 20.3. The van der Waals surface area contributed by atoms with Gasteiger partial charge in [-0.2, -0.15) is 0 Å². The lowest BCUT2D eigenvalue weighted by atomic mass is 9.58. The third-order valence-corrected chi connectivity index (χ3v) is 8.30. The number of amides is 1. The van der Waals surface area contributed by atoms with Crippen LogP contribution in [0.4, 0.5) is 0 Å². The van der Waals surface area contributed by atoms with E-state index in [1.54, 1.807) is 19.0 Å². The topological polar surface area (TPSA) is 165 Å². The van der Waals surface area contributed by atoms with Gasteiger partial charge in [0, 0.05) is 18.0 Å². The Morgan fingerprint density at radius 2 is 1.83 bits per heavy atom. The van der Waals surface area contributed by atoms with E-state index in [4.69, 9.17) is 5.73 Å². The smallest absolute Gasteiger partial charge is 0.255 e. The zero-order chi connectivity index (χ0) is 26.1. The Bertz CT molecular complexity index is 1240. The second-order valence-corrected chi connectivity index (χ2v) is 10.5. The summed E-state index contributed by atoms with van der Waals surface area (Å²) in [6.45, 7) is 2.54. The van der Waals surface area contributed by atoms with Crippen molar-refractivity contribution in [2.24, 2.45) is 17.6 Å². The van der Waals surface area contributed by atoms with Gasteiger partial charge in [-0.05, 0) is 76.0 Å². The largest absolute Gasteiger partial charge is 0.510 e. The van der Waals surface area contributed by atoms with Crippen LogP contribution in [0.3, 0.4) is 0 Å². The highest BCUT2D eigenvalue weighted by molar-refractivity contribution is 6.24. The number of allylic oxidation sites excluding steroid dienone is 1. The summed E-state index contributed by atoms with van der Waals surface area (Å²) in [4.78, 5) is 42.9. The molecule has 1 heterocycles. The summed E-state index contributed by atoms with van der Waals surface area (Å²) in [5.41, 5.74) is 3.47. The molecule has 0 aromatic heterocycles. The summed E-state index contributed by atoms with van der Waals surface area (Å²) < 4.78 is 0. The Labute approximate surface area is 208 Å². The van der Waals surface area contributed by atoms with Gasteiger partial charge >= 0.3 is 0 Å². The molecule has 1 aliphatic heterocycles. The fourth-order valence-corrected chi connectivity index (χ4v) is 6.64. The molecule has 1 aromatic rings. The second-order valence-electron chi connectivity index (χ2n) is 10.5. The van der Waals surface area contributed by atoms with Gasteiger partial charge in [-0.25, -0.2) is 0 Å². The van der Waals surface area contributed by atoms with Crippen molar-refractivity contribution in [3.05, 3.63) is 51.5 Å². The van der Waals surface area contributed by atoms with Crippen molar-refractivity contribution in [3.63, 3.8) is 0 Å². The molecule has 5 rings (SSSR count). The molecular formula is C26H31N3O7. The maximum Gasteiger partial charge on any atom is 0.255 e. The molecule has 0 bridgehead atoms. The molecule has 6 N–H and O–H groups in total. The van der Waals surface area contributed by atoms with Gasteiger partial charge in [0.2, 0.25) is 5.78 Å². The first-order valence-electron chi connectivity index (χ1n) is 12.2. The molecule has 10 heteroatoms. The molecule has 10 nitrogen and oxygen atoms in total. The van der Waals surface area contributed by atoms with Crippen LogP contribution in [-0.2, 0) is 22.6 Å². The van der Waals surface area contributed by atoms with Crippen molar-refractivity contribution < 1.29 is 34.8 Å². The summed E-state index contributed by atoms with van der Waals surface area (Å²) in [6.07, 6.45) is 2.61. The minimum absolute atomic E-state index is 0.0625. The number of hydrogen-bond acceptors (Lipinski definition) is 9.